The molecule has 76 valence electrons. The van der Waals surface area contributed by atoms with E-state index in [1.165, 1.54) is 11.3 Å². The van der Waals surface area contributed by atoms with Crippen molar-refractivity contribution < 1.29 is 0 Å². The molecule has 0 bridgehead atoms. The van der Waals surface area contributed by atoms with E-state index < -0.39 is 0 Å². The third-order valence-electron chi connectivity index (χ3n) is 2.58. The molecule has 3 nitrogen and oxygen atoms in total. The van der Waals surface area contributed by atoms with Crippen molar-refractivity contribution in [3.05, 3.63) is 35.0 Å². The minimum atomic E-state index is 0.497. The van der Waals surface area contributed by atoms with Crippen LogP contribution in [0.15, 0.2) is 24.3 Å². The molecule has 15 heavy (non-hydrogen) atoms. The number of anilines is 2. The highest BCUT2D eigenvalue weighted by molar-refractivity contribution is 6.99. The molecule has 0 radical (unpaired) electrons. The Balaban J connectivity index is 2.08. The van der Waals surface area contributed by atoms with Crippen molar-refractivity contribution in [1.29, 1.82) is 0 Å². The molecule has 2 heterocycles. The molecule has 0 atom stereocenters. The summed E-state index contributed by atoms with van der Waals surface area (Å²) in [6, 6.07) is 8.33. The van der Waals surface area contributed by atoms with Crippen molar-refractivity contribution in [2.24, 2.45) is 0 Å². The zero-order chi connectivity index (χ0) is 10.3. The molecular formula is C10H8ClN3S. The van der Waals surface area contributed by atoms with Crippen LogP contribution in [0.5, 0.6) is 0 Å². The first-order valence-corrected chi connectivity index (χ1v) is 5.80. The quantitative estimate of drug-likeness (QED) is 0.764. The maximum Gasteiger partial charge on any atom is 0.187 e. The van der Waals surface area contributed by atoms with Crippen LogP contribution >= 0.6 is 23.3 Å². The number of rotatable bonds is 1. The second kappa shape index (κ2) is 3.47. The average Bonchev–Trinajstić information content (AvgIpc) is 2.83. The Labute approximate surface area is 96.6 Å². The summed E-state index contributed by atoms with van der Waals surface area (Å²) in [7, 11) is 0. The lowest BCUT2D eigenvalue weighted by Gasteiger charge is -2.15. The van der Waals surface area contributed by atoms with Crippen LogP contribution in [0, 0.1) is 0 Å². The van der Waals surface area contributed by atoms with Gasteiger partial charge < -0.3 is 4.90 Å². The van der Waals surface area contributed by atoms with Gasteiger partial charge in [0.25, 0.3) is 0 Å². The Kier molecular flexibility index (Phi) is 2.11. The van der Waals surface area contributed by atoms with Crippen molar-refractivity contribution in [2.45, 2.75) is 6.42 Å². The van der Waals surface area contributed by atoms with Gasteiger partial charge in [0.15, 0.2) is 11.0 Å². The zero-order valence-corrected chi connectivity index (χ0v) is 9.42. The number of hydrogen-bond acceptors (Lipinski definition) is 4. The fraction of sp³-hybridized carbons (Fsp3) is 0.200. The van der Waals surface area contributed by atoms with Gasteiger partial charge in [0.05, 0.1) is 11.7 Å². The highest BCUT2D eigenvalue weighted by Gasteiger charge is 2.23. The first kappa shape index (κ1) is 9.12. The summed E-state index contributed by atoms with van der Waals surface area (Å²) in [6.45, 7) is 0.935. The summed E-state index contributed by atoms with van der Waals surface area (Å²) < 4.78 is 8.21. The van der Waals surface area contributed by atoms with Gasteiger partial charge >= 0.3 is 0 Å². The van der Waals surface area contributed by atoms with Crippen molar-refractivity contribution in [1.82, 2.24) is 8.75 Å². The minimum absolute atomic E-state index is 0.497. The molecule has 1 aromatic carbocycles. The maximum absolute atomic E-state index is 5.98. The second-order valence-electron chi connectivity index (χ2n) is 3.41. The normalized spacial score (nSPS) is 14.3. The summed E-state index contributed by atoms with van der Waals surface area (Å²) in [5.74, 6) is 0.784. The highest BCUT2D eigenvalue weighted by atomic mass is 35.5. The van der Waals surface area contributed by atoms with Crippen LogP contribution in [0.3, 0.4) is 0 Å². The van der Waals surface area contributed by atoms with E-state index in [1.54, 1.807) is 0 Å². The SMILES string of the molecule is Clc1nsnc1N1CCc2ccccc21. The first-order valence-electron chi connectivity index (χ1n) is 4.70. The molecule has 1 aliphatic rings. The van der Waals surface area contributed by atoms with Crippen molar-refractivity contribution in [3.63, 3.8) is 0 Å². The zero-order valence-electron chi connectivity index (χ0n) is 7.85. The third kappa shape index (κ3) is 1.41. The molecule has 5 heteroatoms. The number of halogens is 1. The number of nitrogens with zero attached hydrogens (tertiary/aromatic N) is 3. The number of fused-ring (bicyclic) bond motifs is 1. The van der Waals surface area contributed by atoms with Gasteiger partial charge in [-0.1, -0.05) is 29.8 Å². The van der Waals surface area contributed by atoms with Gasteiger partial charge in [-0.25, -0.2) is 0 Å². The lowest BCUT2D eigenvalue weighted by atomic mass is 10.2. The molecule has 0 N–H and O–H groups in total. The van der Waals surface area contributed by atoms with Crippen LogP contribution in [0.1, 0.15) is 5.56 Å². The fourth-order valence-electron chi connectivity index (χ4n) is 1.89. The second-order valence-corrected chi connectivity index (χ2v) is 4.30. The smallest absolute Gasteiger partial charge is 0.187 e. The van der Waals surface area contributed by atoms with Crippen LogP contribution in [0.25, 0.3) is 0 Å². The van der Waals surface area contributed by atoms with Crippen molar-refractivity contribution in [2.75, 3.05) is 11.4 Å². The largest absolute Gasteiger partial charge is 0.322 e. The molecule has 0 spiro atoms. The van der Waals surface area contributed by atoms with Gasteiger partial charge in [-0.2, -0.15) is 8.75 Å². The van der Waals surface area contributed by atoms with Gasteiger partial charge in [-0.3, -0.25) is 0 Å². The number of hydrogen-bond donors (Lipinski definition) is 0. The molecule has 2 aromatic rings. The Morgan fingerprint density at radius 1 is 1.27 bits per heavy atom. The van der Waals surface area contributed by atoms with Gasteiger partial charge in [0, 0.05) is 12.2 Å². The number of benzene rings is 1. The minimum Gasteiger partial charge on any atom is -0.322 e. The molecule has 1 aliphatic heterocycles. The topological polar surface area (TPSA) is 29.0 Å². The van der Waals surface area contributed by atoms with Gasteiger partial charge in [0.1, 0.15) is 0 Å². The van der Waals surface area contributed by atoms with Gasteiger partial charge in [-0.15, -0.1) is 0 Å². The predicted octanol–water partition coefficient (Wildman–Crippen LogP) is 2.89. The summed E-state index contributed by atoms with van der Waals surface area (Å²) in [5, 5.41) is 0.497. The molecule has 3 rings (SSSR count). The maximum atomic E-state index is 5.98. The predicted molar refractivity (Wildman–Crippen MR) is 62.1 cm³/mol. The standard InChI is InChI=1S/C10H8ClN3S/c11-9-10(13-15-12-9)14-6-5-7-3-1-2-4-8(7)14/h1-4H,5-6H2. The number of aromatic nitrogens is 2. The van der Waals surface area contributed by atoms with E-state index in [-0.39, 0.29) is 0 Å². The number of para-hydroxylation sites is 1. The van der Waals surface area contributed by atoms with Crippen LogP contribution in [-0.2, 0) is 6.42 Å². The van der Waals surface area contributed by atoms with E-state index in [0.29, 0.717) is 5.15 Å². The van der Waals surface area contributed by atoms with Crippen LogP contribution in [0.4, 0.5) is 11.5 Å². The Morgan fingerprint density at radius 2 is 2.13 bits per heavy atom. The van der Waals surface area contributed by atoms with Crippen LogP contribution in [-0.4, -0.2) is 15.3 Å². The van der Waals surface area contributed by atoms with E-state index in [2.05, 4.69) is 31.8 Å². The monoisotopic (exact) mass is 237 g/mol. The molecular weight excluding hydrogens is 230 g/mol. The van der Waals surface area contributed by atoms with Crippen LogP contribution < -0.4 is 4.90 Å². The van der Waals surface area contributed by atoms with E-state index in [1.807, 2.05) is 6.07 Å². The van der Waals surface area contributed by atoms with Crippen LogP contribution in [0.2, 0.25) is 5.15 Å². The highest BCUT2D eigenvalue weighted by Crippen LogP contribution is 2.36. The molecule has 0 saturated carbocycles. The summed E-state index contributed by atoms with van der Waals surface area (Å²) in [5.41, 5.74) is 2.55. The molecule has 0 unspecified atom stereocenters. The third-order valence-corrected chi connectivity index (χ3v) is 3.45. The average molecular weight is 238 g/mol. The van der Waals surface area contributed by atoms with Gasteiger partial charge in [0.2, 0.25) is 0 Å². The summed E-state index contributed by atoms with van der Waals surface area (Å²) in [6.07, 6.45) is 1.05. The van der Waals surface area contributed by atoms with E-state index in [9.17, 15) is 0 Å². The molecule has 1 aromatic heterocycles. The molecule has 0 aliphatic carbocycles. The molecule has 0 saturated heterocycles. The fourth-order valence-corrected chi connectivity index (χ4v) is 2.64. The Hall–Kier alpha value is -1.13. The lowest BCUT2D eigenvalue weighted by molar-refractivity contribution is 0.985. The van der Waals surface area contributed by atoms with E-state index >= 15 is 0 Å². The van der Waals surface area contributed by atoms with E-state index in [4.69, 9.17) is 11.6 Å². The Bertz CT molecular complexity index is 497. The van der Waals surface area contributed by atoms with Gasteiger partial charge in [-0.05, 0) is 18.1 Å². The van der Waals surface area contributed by atoms with E-state index in [0.717, 1.165) is 30.5 Å². The lowest BCUT2D eigenvalue weighted by Crippen LogP contribution is -2.13. The van der Waals surface area contributed by atoms with Crippen molar-refractivity contribution >= 4 is 34.8 Å². The Morgan fingerprint density at radius 3 is 2.93 bits per heavy atom. The molecule has 0 fully saturated rings. The summed E-state index contributed by atoms with van der Waals surface area (Å²) >= 11 is 7.14. The first-order chi connectivity index (χ1) is 7.36. The van der Waals surface area contributed by atoms with Crippen molar-refractivity contribution in [3.8, 4) is 0 Å². The summed E-state index contributed by atoms with van der Waals surface area (Å²) in [4.78, 5) is 2.13. The molecule has 0 amide bonds.